The minimum Gasteiger partial charge on any atom is -0.506 e. The molecule has 23 heavy (non-hydrogen) atoms. The molecular weight excluding hydrogens is 324 g/mol. The topological polar surface area (TPSA) is 102 Å². The SMILES string of the molecule is COC(=O)c1c(O)c2c([nH]c1=O)-c1nc(Cl)ccc1OCC2C. The van der Waals surface area contributed by atoms with Crippen LogP contribution >= 0.6 is 11.6 Å². The first-order valence-corrected chi connectivity index (χ1v) is 7.19. The molecule has 120 valence electrons. The molecule has 0 saturated heterocycles. The lowest BCUT2D eigenvalue weighted by Gasteiger charge is -2.15. The Morgan fingerprint density at radius 1 is 1.52 bits per heavy atom. The van der Waals surface area contributed by atoms with Gasteiger partial charge >= 0.3 is 5.97 Å². The fourth-order valence-electron chi connectivity index (χ4n) is 2.58. The van der Waals surface area contributed by atoms with Crippen LogP contribution < -0.4 is 10.3 Å². The number of methoxy groups -OCH3 is 1. The van der Waals surface area contributed by atoms with Gasteiger partial charge in [0.1, 0.15) is 22.3 Å². The number of aromatic nitrogens is 2. The summed E-state index contributed by atoms with van der Waals surface area (Å²) in [5, 5.41) is 10.7. The predicted octanol–water partition coefficient (Wildman–Crippen LogP) is 2.08. The third-order valence-corrected chi connectivity index (χ3v) is 3.87. The molecule has 2 aromatic rings. The number of aromatic hydroxyl groups is 1. The molecule has 0 aromatic carbocycles. The smallest absolute Gasteiger partial charge is 0.347 e. The molecule has 0 amide bonds. The summed E-state index contributed by atoms with van der Waals surface area (Å²) >= 11 is 5.92. The van der Waals surface area contributed by atoms with Crippen LogP contribution in [0.2, 0.25) is 5.15 Å². The first kappa shape index (κ1) is 15.4. The Morgan fingerprint density at radius 2 is 2.26 bits per heavy atom. The summed E-state index contributed by atoms with van der Waals surface area (Å²) in [7, 11) is 1.13. The third kappa shape index (κ3) is 2.43. The van der Waals surface area contributed by atoms with Crippen molar-refractivity contribution in [3.63, 3.8) is 0 Å². The van der Waals surface area contributed by atoms with Gasteiger partial charge in [0.2, 0.25) is 0 Å². The Hall–Kier alpha value is -2.54. The van der Waals surface area contributed by atoms with Crippen LogP contribution in [0.15, 0.2) is 16.9 Å². The van der Waals surface area contributed by atoms with E-state index in [9.17, 15) is 14.7 Å². The van der Waals surface area contributed by atoms with E-state index in [2.05, 4.69) is 14.7 Å². The van der Waals surface area contributed by atoms with Gasteiger partial charge in [0, 0.05) is 11.5 Å². The molecule has 0 fully saturated rings. The summed E-state index contributed by atoms with van der Waals surface area (Å²) in [5.41, 5.74) is -0.264. The van der Waals surface area contributed by atoms with Crippen molar-refractivity contribution in [2.75, 3.05) is 13.7 Å². The highest BCUT2D eigenvalue weighted by Crippen LogP contribution is 2.41. The van der Waals surface area contributed by atoms with Gasteiger partial charge in [-0.3, -0.25) is 4.79 Å². The largest absolute Gasteiger partial charge is 0.506 e. The van der Waals surface area contributed by atoms with Gasteiger partial charge in [-0.15, -0.1) is 0 Å². The Morgan fingerprint density at radius 3 is 2.96 bits per heavy atom. The van der Waals surface area contributed by atoms with Gasteiger partial charge in [-0.1, -0.05) is 18.5 Å². The summed E-state index contributed by atoms with van der Waals surface area (Å²) in [6, 6.07) is 3.20. The maximum atomic E-state index is 12.2. The van der Waals surface area contributed by atoms with Crippen LogP contribution in [0.5, 0.6) is 11.5 Å². The van der Waals surface area contributed by atoms with Crippen LogP contribution in [0.25, 0.3) is 11.4 Å². The number of ether oxygens (including phenoxy) is 2. The quantitative estimate of drug-likeness (QED) is 0.610. The van der Waals surface area contributed by atoms with Crippen LogP contribution in [0.3, 0.4) is 0 Å². The van der Waals surface area contributed by atoms with E-state index in [0.717, 1.165) is 7.11 Å². The summed E-state index contributed by atoms with van der Waals surface area (Å²) in [6.07, 6.45) is 0. The second-order valence-electron chi connectivity index (χ2n) is 5.15. The lowest BCUT2D eigenvalue weighted by atomic mass is 9.96. The van der Waals surface area contributed by atoms with Crippen LogP contribution in [-0.4, -0.2) is 34.8 Å². The van der Waals surface area contributed by atoms with Crippen molar-refractivity contribution in [3.05, 3.63) is 38.8 Å². The average molecular weight is 337 g/mol. The van der Waals surface area contributed by atoms with E-state index >= 15 is 0 Å². The van der Waals surface area contributed by atoms with E-state index < -0.39 is 22.8 Å². The molecule has 2 aromatic heterocycles. The molecular formula is C15H13ClN2O5. The number of hydrogen-bond acceptors (Lipinski definition) is 6. The second-order valence-corrected chi connectivity index (χ2v) is 5.54. The predicted molar refractivity (Wildman–Crippen MR) is 82.2 cm³/mol. The number of carbonyl (C=O) groups excluding carboxylic acids is 1. The fraction of sp³-hybridized carbons (Fsp3) is 0.267. The number of pyridine rings is 2. The minimum absolute atomic E-state index is 0.213. The van der Waals surface area contributed by atoms with Crippen molar-refractivity contribution >= 4 is 17.6 Å². The van der Waals surface area contributed by atoms with Gasteiger partial charge in [-0.2, -0.15) is 0 Å². The number of aromatic amines is 1. The summed E-state index contributed by atoms with van der Waals surface area (Å²) in [6.45, 7) is 2.04. The summed E-state index contributed by atoms with van der Waals surface area (Å²) in [5.74, 6) is -1.20. The van der Waals surface area contributed by atoms with Crippen molar-refractivity contribution in [3.8, 4) is 22.9 Å². The highest BCUT2D eigenvalue weighted by molar-refractivity contribution is 6.29. The van der Waals surface area contributed by atoms with Crippen molar-refractivity contribution in [2.24, 2.45) is 0 Å². The fourth-order valence-corrected chi connectivity index (χ4v) is 2.73. The first-order chi connectivity index (χ1) is 10.9. The van der Waals surface area contributed by atoms with Crippen LogP contribution in [0, 0.1) is 0 Å². The van der Waals surface area contributed by atoms with E-state index in [1.54, 1.807) is 19.1 Å². The van der Waals surface area contributed by atoms with Gasteiger partial charge in [0.25, 0.3) is 5.56 Å². The molecule has 1 aliphatic rings. The number of fused-ring (bicyclic) bond motifs is 3. The number of rotatable bonds is 1. The molecule has 0 spiro atoms. The third-order valence-electron chi connectivity index (χ3n) is 3.66. The molecule has 1 unspecified atom stereocenters. The number of carbonyl (C=O) groups is 1. The Bertz CT molecular complexity index is 862. The lowest BCUT2D eigenvalue weighted by Crippen LogP contribution is -2.22. The second kappa shape index (κ2) is 5.58. The van der Waals surface area contributed by atoms with Gasteiger partial charge in [0.05, 0.1) is 19.4 Å². The van der Waals surface area contributed by atoms with Crippen molar-refractivity contribution in [1.29, 1.82) is 0 Å². The first-order valence-electron chi connectivity index (χ1n) is 6.81. The van der Waals surface area contributed by atoms with Crippen molar-refractivity contribution in [1.82, 2.24) is 9.97 Å². The molecule has 3 heterocycles. The molecule has 0 aliphatic carbocycles. The number of esters is 1. The standard InChI is InChI=1S/C15H13ClN2O5/c1-6-5-23-7-3-4-8(16)17-11(7)12-9(6)13(19)10(14(20)18-12)15(21)22-2/h3-4,6H,5H2,1-2H3,(H2,18,19,20). The normalized spacial score (nSPS) is 15.9. The van der Waals surface area contributed by atoms with Crippen LogP contribution in [0.4, 0.5) is 0 Å². The lowest BCUT2D eigenvalue weighted by molar-refractivity contribution is 0.0595. The Balaban J connectivity index is 2.37. The van der Waals surface area contributed by atoms with E-state index in [-0.39, 0.29) is 23.4 Å². The van der Waals surface area contributed by atoms with Gasteiger partial charge in [-0.25, -0.2) is 9.78 Å². The number of nitrogens with zero attached hydrogens (tertiary/aromatic N) is 1. The summed E-state index contributed by atoms with van der Waals surface area (Å²) < 4.78 is 10.2. The molecule has 7 nitrogen and oxygen atoms in total. The van der Waals surface area contributed by atoms with Crippen LogP contribution in [-0.2, 0) is 4.74 Å². The van der Waals surface area contributed by atoms with Gasteiger partial charge < -0.3 is 19.6 Å². The molecule has 0 bridgehead atoms. The Labute approximate surface area is 135 Å². The maximum absolute atomic E-state index is 12.2. The number of H-pyrrole nitrogens is 1. The number of hydrogen-bond donors (Lipinski definition) is 2. The van der Waals surface area contributed by atoms with Crippen molar-refractivity contribution in [2.45, 2.75) is 12.8 Å². The number of halogens is 1. The monoisotopic (exact) mass is 336 g/mol. The molecule has 3 rings (SSSR count). The molecule has 1 aliphatic heterocycles. The minimum atomic E-state index is -0.914. The zero-order valence-corrected chi connectivity index (χ0v) is 13.1. The van der Waals surface area contributed by atoms with E-state index in [1.165, 1.54) is 0 Å². The highest BCUT2D eigenvalue weighted by Gasteiger charge is 2.30. The zero-order chi connectivity index (χ0) is 16.7. The molecule has 0 radical (unpaired) electrons. The summed E-state index contributed by atoms with van der Waals surface area (Å²) in [4.78, 5) is 30.7. The van der Waals surface area contributed by atoms with E-state index in [0.29, 0.717) is 17.0 Å². The molecule has 8 heteroatoms. The zero-order valence-electron chi connectivity index (χ0n) is 12.3. The van der Waals surface area contributed by atoms with Gasteiger partial charge in [0.15, 0.2) is 5.56 Å². The molecule has 1 atom stereocenters. The maximum Gasteiger partial charge on any atom is 0.347 e. The highest BCUT2D eigenvalue weighted by atomic mass is 35.5. The van der Waals surface area contributed by atoms with Gasteiger partial charge in [-0.05, 0) is 12.1 Å². The Kier molecular flexibility index (Phi) is 3.73. The van der Waals surface area contributed by atoms with E-state index in [1.807, 2.05) is 0 Å². The average Bonchev–Trinajstić information content (AvgIpc) is 2.64. The van der Waals surface area contributed by atoms with E-state index in [4.69, 9.17) is 16.3 Å². The molecule has 0 saturated carbocycles. The number of nitrogens with one attached hydrogen (secondary N) is 1. The molecule has 2 N–H and O–H groups in total. The van der Waals surface area contributed by atoms with Crippen LogP contribution in [0.1, 0.15) is 28.8 Å². The van der Waals surface area contributed by atoms with Crippen molar-refractivity contribution < 1.29 is 19.4 Å².